The van der Waals surface area contributed by atoms with Crippen molar-refractivity contribution in [2.75, 3.05) is 31.9 Å². The van der Waals surface area contributed by atoms with Gasteiger partial charge in [-0.3, -0.25) is 9.59 Å². The molecule has 2 saturated heterocycles. The van der Waals surface area contributed by atoms with E-state index < -0.39 is 30.5 Å². The van der Waals surface area contributed by atoms with E-state index in [1.807, 2.05) is 30.0 Å². The van der Waals surface area contributed by atoms with Gasteiger partial charge < -0.3 is 31.1 Å². The van der Waals surface area contributed by atoms with Crippen LogP contribution in [-0.2, 0) is 11.4 Å². The number of nitrogen functional groups attached to an aromatic ring is 1. The second-order valence-corrected chi connectivity index (χ2v) is 11.9. The van der Waals surface area contributed by atoms with E-state index in [-0.39, 0.29) is 31.2 Å². The lowest BCUT2D eigenvalue weighted by atomic mass is 9.85. The maximum atomic E-state index is 13.6. The lowest BCUT2D eigenvalue weighted by Crippen LogP contribution is -2.48. The summed E-state index contributed by atoms with van der Waals surface area (Å²) in [5.74, 6) is -4.44. The average Bonchev–Trinajstić information content (AvgIpc) is 2.98. The molecule has 2 aliphatic heterocycles. The van der Waals surface area contributed by atoms with Gasteiger partial charge in [-0.1, -0.05) is 24.4 Å². The summed E-state index contributed by atoms with van der Waals surface area (Å²) in [6, 6.07) is 10.6. The number of carboxylic acids is 1. The molecule has 2 aromatic carbocycles. The quantitative estimate of drug-likeness (QED) is 0.300. The molecule has 5 N–H and O–H groups in total. The first-order valence-corrected chi connectivity index (χ1v) is 15.0. The number of likely N-dealkylation sites (tertiary alicyclic amines) is 2. The van der Waals surface area contributed by atoms with Crippen molar-refractivity contribution in [3.05, 3.63) is 75.7 Å². The van der Waals surface area contributed by atoms with Gasteiger partial charge in [-0.15, -0.1) is 0 Å². The molecule has 2 heterocycles. The Kier molecular flexibility index (Phi) is 10.2. The van der Waals surface area contributed by atoms with Crippen molar-refractivity contribution in [2.45, 2.75) is 45.4 Å². The van der Waals surface area contributed by atoms with Gasteiger partial charge in [0, 0.05) is 54.1 Å². The van der Waals surface area contributed by atoms with Gasteiger partial charge in [0.1, 0.15) is 12.4 Å². The maximum Gasteiger partial charge on any atom is 0.394 e. The zero-order valence-corrected chi connectivity index (χ0v) is 24.8. The van der Waals surface area contributed by atoms with Crippen LogP contribution in [0.2, 0.25) is 0 Å². The number of hydrogen-bond acceptors (Lipinski definition) is 7. The zero-order chi connectivity index (χ0) is 31.3. The molecule has 2 unspecified atom stereocenters. The number of nitrogens with zero attached hydrogens (tertiary/aromatic N) is 2. The third-order valence-corrected chi connectivity index (χ3v) is 8.86. The first-order chi connectivity index (χ1) is 20.3. The molecule has 0 spiro atoms. The highest BCUT2D eigenvalue weighted by Crippen LogP contribution is 2.40. The number of carbonyl (C=O) groups excluding carboxylic acids is 1. The molecule has 0 aromatic heterocycles. The van der Waals surface area contributed by atoms with Crippen LogP contribution >= 0.6 is 11.8 Å². The number of carboxylic acid groups (broad SMARTS) is 1. The number of alkyl halides is 3. The number of amides is 1. The van der Waals surface area contributed by atoms with Gasteiger partial charge in [0.05, 0.1) is 16.9 Å². The number of rotatable bonds is 9. The van der Waals surface area contributed by atoms with Crippen LogP contribution in [-0.4, -0.2) is 59.1 Å². The Labute approximate surface area is 253 Å². The first-order valence-electron chi connectivity index (χ1n) is 14.1. The normalized spacial score (nSPS) is 19.7. The maximum absolute atomic E-state index is 13.6. The van der Waals surface area contributed by atoms with Crippen LogP contribution in [0.5, 0.6) is 5.75 Å². The standard InChI is InChI=1S/C31H37F3N4O4S/c1-19-14-21(29(39)37-11-4-3-5-12-37)6-7-22(19)17-42-28-9-8-23(35)15-25(28)27(36)18-43-20(2)38-13-10-24(30(40)41)26(16-38)31(32,33)34/h6-9,14-15,18,24,26H,2-5,10-13,16-17,35-36H2,1H3,(H,40,41)/b27-18-. The van der Waals surface area contributed by atoms with Crippen LogP contribution in [0.15, 0.2) is 53.4 Å². The summed E-state index contributed by atoms with van der Waals surface area (Å²) in [6.45, 7) is 7.24. The number of anilines is 1. The number of aryl methyl sites for hydroxylation is 1. The lowest BCUT2D eigenvalue weighted by Gasteiger charge is -2.39. The highest BCUT2D eigenvalue weighted by molar-refractivity contribution is 8.05. The number of nitrogens with two attached hydrogens (primary N) is 2. The molecule has 2 aliphatic rings. The Morgan fingerprint density at radius 1 is 1.12 bits per heavy atom. The summed E-state index contributed by atoms with van der Waals surface area (Å²) in [7, 11) is 0. The average molecular weight is 619 g/mol. The van der Waals surface area contributed by atoms with Crippen LogP contribution in [0.1, 0.15) is 52.7 Å². The van der Waals surface area contributed by atoms with Gasteiger partial charge in [-0.25, -0.2) is 0 Å². The molecule has 1 amide bonds. The molecule has 0 saturated carbocycles. The summed E-state index contributed by atoms with van der Waals surface area (Å²) >= 11 is 1.05. The van der Waals surface area contributed by atoms with E-state index in [2.05, 4.69) is 6.58 Å². The molecule has 8 nitrogen and oxygen atoms in total. The predicted molar refractivity (Wildman–Crippen MR) is 162 cm³/mol. The molecule has 232 valence electrons. The molecule has 2 fully saturated rings. The van der Waals surface area contributed by atoms with Crippen LogP contribution in [0.4, 0.5) is 18.9 Å². The number of benzene rings is 2. The summed E-state index contributed by atoms with van der Waals surface area (Å²) in [5.41, 5.74) is 16.1. The van der Waals surface area contributed by atoms with E-state index >= 15 is 0 Å². The van der Waals surface area contributed by atoms with Gasteiger partial charge >= 0.3 is 12.1 Å². The first kappa shape index (κ1) is 32.1. The molecule has 43 heavy (non-hydrogen) atoms. The van der Waals surface area contributed by atoms with Crippen LogP contribution in [0.25, 0.3) is 5.70 Å². The van der Waals surface area contributed by atoms with Gasteiger partial charge in [0.2, 0.25) is 0 Å². The van der Waals surface area contributed by atoms with Crippen molar-refractivity contribution in [1.29, 1.82) is 0 Å². The number of ether oxygens (including phenoxy) is 1. The third-order valence-electron chi connectivity index (χ3n) is 7.96. The fraction of sp³-hybridized carbons (Fsp3) is 0.419. The van der Waals surface area contributed by atoms with Crippen molar-refractivity contribution in [3.8, 4) is 5.75 Å². The summed E-state index contributed by atoms with van der Waals surface area (Å²) < 4.78 is 46.8. The van der Waals surface area contributed by atoms with E-state index in [4.69, 9.17) is 16.2 Å². The molecule has 0 radical (unpaired) electrons. The molecule has 0 aliphatic carbocycles. The highest BCUT2D eigenvalue weighted by Gasteiger charge is 2.50. The van der Waals surface area contributed by atoms with Gasteiger partial charge in [-0.05, 0) is 74.1 Å². The third kappa shape index (κ3) is 7.98. The van der Waals surface area contributed by atoms with Crippen molar-refractivity contribution in [1.82, 2.24) is 9.80 Å². The van der Waals surface area contributed by atoms with E-state index in [0.717, 1.165) is 55.2 Å². The molecule has 2 aromatic rings. The molecule has 2 atom stereocenters. The van der Waals surface area contributed by atoms with E-state index in [0.29, 0.717) is 27.6 Å². The van der Waals surface area contributed by atoms with Crippen molar-refractivity contribution in [3.63, 3.8) is 0 Å². The fourth-order valence-electron chi connectivity index (χ4n) is 5.40. The molecule has 12 heteroatoms. The number of hydrogen-bond donors (Lipinski definition) is 3. The van der Waals surface area contributed by atoms with E-state index in [1.165, 1.54) is 4.90 Å². The van der Waals surface area contributed by atoms with Gasteiger partial charge in [0.25, 0.3) is 5.91 Å². The van der Waals surface area contributed by atoms with Crippen LogP contribution in [0.3, 0.4) is 0 Å². The minimum Gasteiger partial charge on any atom is -0.488 e. The Hall–Kier alpha value is -3.80. The van der Waals surface area contributed by atoms with Crippen LogP contribution < -0.4 is 16.2 Å². The molecular formula is C31H37F3N4O4S. The summed E-state index contributed by atoms with van der Waals surface area (Å²) in [5, 5.41) is 11.1. The number of thioether (sulfide) groups is 1. The summed E-state index contributed by atoms with van der Waals surface area (Å²) in [4.78, 5) is 27.6. The Bertz CT molecular complexity index is 1390. The molecule has 0 bridgehead atoms. The number of piperidine rings is 2. The minimum absolute atomic E-state index is 0.0354. The highest BCUT2D eigenvalue weighted by atomic mass is 32.2. The van der Waals surface area contributed by atoms with E-state index in [1.54, 1.807) is 23.6 Å². The predicted octanol–water partition coefficient (Wildman–Crippen LogP) is 5.83. The van der Waals surface area contributed by atoms with Gasteiger partial charge in [-0.2, -0.15) is 13.2 Å². The smallest absolute Gasteiger partial charge is 0.394 e. The minimum atomic E-state index is -4.64. The Morgan fingerprint density at radius 3 is 2.49 bits per heavy atom. The monoisotopic (exact) mass is 618 g/mol. The van der Waals surface area contributed by atoms with Crippen molar-refractivity contribution >= 4 is 35.0 Å². The molecular weight excluding hydrogens is 581 g/mol. The second kappa shape index (κ2) is 13.7. The number of aliphatic carboxylic acids is 1. The fourth-order valence-corrected chi connectivity index (χ4v) is 6.11. The Balaban J connectivity index is 1.42. The molecule has 4 rings (SSSR count). The largest absolute Gasteiger partial charge is 0.488 e. The number of carbonyl (C=O) groups is 2. The van der Waals surface area contributed by atoms with Gasteiger partial charge in [0.15, 0.2) is 0 Å². The number of halogens is 3. The van der Waals surface area contributed by atoms with Crippen molar-refractivity contribution < 1.29 is 32.6 Å². The SMILES string of the molecule is C=C(S/C=C(\N)c1cc(N)ccc1OCc1ccc(C(=O)N2CCCCC2)cc1C)N1CCC(C(=O)O)C(C(F)(F)F)C1. The van der Waals surface area contributed by atoms with E-state index in [9.17, 15) is 27.9 Å². The van der Waals surface area contributed by atoms with Crippen molar-refractivity contribution in [2.24, 2.45) is 17.6 Å². The summed E-state index contributed by atoms with van der Waals surface area (Å²) in [6.07, 6.45) is -1.59. The van der Waals surface area contributed by atoms with Crippen LogP contribution in [0, 0.1) is 18.8 Å². The zero-order valence-electron chi connectivity index (χ0n) is 24.0. The lowest BCUT2D eigenvalue weighted by molar-refractivity contribution is -0.205. The second-order valence-electron chi connectivity index (χ2n) is 11.0. The topological polar surface area (TPSA) is 122 Å². The Morgan fingerprint density at radius 2 is 1.84 bits per heavy atom.